The molecule has 0 aromatic heterocycles. The molecule has 1 aromatic carbocycles. The Hall–Kier alpha value is -1.95. The second-order valence-corrected chi connectivity index (χ2v) is 5.47. The molecule has 0 spiro atoms. The van der Waals surface area contributed by atoms with Gasteiger partial charge in [-0.15, -0.1) is 0 Å². The first-order valence-corrected chi connectivity index (χ1v) is 6.92. The Kier molecular flexibility index (Phi) is 4.57. The van der Waals surface area contributed by atoms with Gasteiger partial charge < -0.3 is 10.8 Å². The molecule has 21 heavy (non-hydrogen) atoms. The number of Topliss-reactive ketones (excluding diaryl/α,β-unsaturated/α-hetero) is 1. The summed E-state index contributed by atoms with van der Waals surface area (Å²) in [6.45, 7) is 2.93. The fraction of sp³-hybridized carbons (Fsp3) is 0.467. The van der Waals surface area contributed by atoms with E-state index in [1.807, 2.05) is 4.90 Å². The lowest BCUT2D eigenvalue weighted by Crippen LogP contribution is -2.38. The van der Waals surface area contributed by atoms with E-state index in [2.05, 4.69) is 0 Å². The zero-order valence-electron chi connectivity index (χ0n) is 11.9. The highest BCUT2D eigenvalue weighted by atomic mass is 19.1. The summed E-state index contributed by atoms with van der Waals surface area (Å²) < 4.78 is 13.5. The predicted octanol–water partition coefficient (Wildman–Crippen LogP) is 1.43. The molecule has 3 N–H and O–H groups in total. The van der Waals surface area contributed by atoms with E-state index in [-0.39, 0.29) is 28.9 Å². The maximum absolute atomic E-state index is 13.5. The molecule has 0 bridgehead atoms. The lowest BCUT2D eigenvalue weighted by molar-refractivity contribution is -0.123. The zero-order chi connectivity index (χ0) is 15.6. The molecule has 6 heteroatoms. The van der Waals surface area contributed by atoms with Crippen molar-refractivity contribution in [3.8, 4) is 5.75 Å². The molecule has 0 unspecified atom stereocenters. The van der Waals surface area contributed by atoms with Crippen LogP contribution in [0.3, 0.4) is 0 Å². The van der Waals surface area contributed by atoms with E-state index in [4.69, 9.17) is 5.73 Å². The van der Waals surface area contributed by atoms with E-state index in [0.717, 1.165) is 6.07 Å². The fourth-order valence-corrected chi connectivity index (χ4v) is 2.66. The number of amides is 1. The standard InChI is InChI=1S/C15H19FN2O3/c1-9(19)13-7-12(16)6-11(14(13)20)8-18-4-2-10(3-5-18)15(17)21/h6-7,10,20H,2-5,8H2,1H3,(H2,17,21). The average Bonchev–Trinajstić information content (AvgIpc) is 2.42. The highest BCUT2D eigenvalue weighted by Gasteiger charge is 2.24. The number of nitrogens with two attached hydrogens (primary N) is 1. The fourth-order valence-electron chi connectivity index (χ4n) is 2.66. The van der Waals surface area contributed by atoms with Crippen molar-refractivity contribution in [1.82, 2.24) is 4.90 Å². The topological polar surface area (TPSA) is 83.6 Å². The number of phenolic OH excluding ortho intramolecular Hbond substituents is 1. The lowest BCUT2D eigenvalue weighted by Gasteiger charge is -2.30. The number of likely N-dealkylation sites (tertiary alicyclic amines) is 1. The van der Waals surface area contributed by atoms with Gasteiger partial charge in [-0.2, -0.15) is 0 Å². The number of carbonyl (C=O) groups excluding carboxylic acids is 2. The van der Waals surface area contributed by atoms with E-state index in [9.17, 15) is 19.1 Å². The number of ketones is 1. The molecular formula is C15H19FN2O3. The van der Waals surface area contributed by atoms with Gasteiger partial charge in [0.2, 0.25) is 5.91 Å². The summed E-state index contributed by atoms with van der Waals surface area (Å²) in [5.41, 5.74) is 5.66. The molecule has 0 aliphatic carbocycles. The second-order valence-electron chi connectivity index (χ2n) is 5.47. The molecule has 1 saturated heterocycles. The molecule has 0 saturated carbocycles. The number of nitrogens with zero attached hydrogens (tertiary/aromatic N) is 1. The number of hydrogen-bond donors (Lipinski definition) is 2. The second kappa shape index (κ2) is 6.22. The van der Waals surface area contributed by atoms with Gasteiger partial charge >= 0.3 is 0 Å². The molecule has 1 aliphatic rings. The van der Waals surface area contributed by atoms with Gasteiger partial charge in [0.25, 0.3) is 0 Å². The zero-order valence-corrected chi connectivity index (χ0v) is 11.9. The van der Waals surface area contributed by atoms with Gasteiger partial charge in [-0.1, -0.05) is 0 Å². The quantitative estimate of drug-likeness (QED) is 0.823. The highest BCUT2D eigenvalue weighted by molar-refractivity contribution is 5.97. The molecule has 0 radical (unpaired) electrons. The number of piperidine rings is 1. The summed E-state index contributed by atoms with van der Waals surface area (Å²) >= 11 is 0. The van der Waals surface area contributed by atoms with Gasteiger partial charge in [0, 0.05) is 18.0 Å². The lowest BCUT2D eigenvalue weighted by atomic mass is 9.95. The molecule has 5 nitrogen and oxygen atoms in total. The van der Waals surface area contributed by atoms with Crippen molar-refractivity contribution in [3.63, 3.8) is 0 Å². The number of aromatic hydroxyl groups is 1. The van der Waals surface area contributed by atoms with Crippen molar-refractivity contribution in [2.75, 3.05) is 13.1 Å². The van der Waals surface area contributed by atoms with Crippen LogP contribution in [0.5, 0.6) is 5.75 Å². The van der Waals surface area contributed by atoms with Crippen molar-refractivity contribution < 1.29 is 19.1 Å². The molecule has 1 fully saturated rings. The van der Waals surface area contributed by atoms with Crippen molar-refractivity contribution in [2.45, 2.75) is 26.3 Å². The first-order valence-electron chi connectivity index (χ1n) is 6.92. The largest absolute Gasteiger partial charge is 0.507 e. The smallest absolute Gasteiger partial charge is 0.220 e. The Morgan fingerprint density at radius 3 is 2.52 bits per heavy atom. The van der Waals surface area contributed by atoms with Crippen molar-refractivity contribution in [1.29, 1.82) is 0 Å². The minimum absolute atomic E-state index is 0.00276. The van der Waals surface area contributed by atoms with Crippen LogP contribution < -0.4 is 5.73 Å². The van der Waals surface area contributed by atoms with E-state index >= 15 is 0 Å². The van der Waals surface area contributed by atoms with Gasteiger partial charge in [0.05, 0.1) is 5.56 Å². The number of phenols is 1. The molecule has 0 atom stereocenters. The third kappa shape index (κ3) is 3.58. The molecule has 2 rings (SSSR count). The Bertz CT molecular complexity index is 566. The van der Waals surface area contributed by atoms with E-state index in [1.54, 1.807) is 0 Å². The van der Waals surface area contributed by atoms with Crippen LogP contribution in [0, 0.1) is 11.7 Å². The maximum atomic E-state index is 13.5. The van der Waals surface area contributed by atoms with Crippen LogP contribution in [0.15, 0.2) is 12.1 Å². The number of hydrogen-bond acceptors (Lipinski definition) is 4. The molecule has 1 heterocycles. The van der Waals surface area contributed by atoms with Crippen LogP contribution in [-0.4, -0.2) is 34.8 Å². The summed E-state index contributed by atoms with van der Waals surface area (Å²) in [7, 11) is 0. The monoisotopic (exact) mass is 294 g/mol. The van der Waals surface area contributed by atoms with Crippen LogP contribution in [0.2, 0.25) is 0 Å². The van der Waals surface area contributed by atoms with Crippen LogP contribution in [0.1, 0.15) is 35.7 Å². The Morgan fingerprint density at radius 1 is 1.38 bits per heavy atom. The van der Waals surface area contributed by atoms with E-state index in [1.165, 1.54) is 13.0 Å². The maximum Gasteiger partial charge on any atom is 0.220 e. The van der Waals surface area contributed by atoms with Crippen molar-refractivity contribution in [2.24, 2.45) is 11.7 Å². The summed E-state index contributed by atoms with van der Waals surface area (Å²) in [5, 5.41) is 10.1. The normalized spacial score (nSPS) is 16.9. The molecule has 1 aromatic rings. The van der Waals surface area contributed by atoms with Crippen LogP contribution >= 0.6 is 0 Å². The first kappa shape index (κ1) is 15.4. The Labute approximate surface area is 122 Å². The van der Waals surface area contributed by atoms with Gasteiger partial charge in [0.15, 0.2) is 5.78 Å². The number of carbonyl (C=O) groups is 2. The highest BCUT2D eigenvalue weighted by Crippen LogP contribution is 2.27. The summed E-state index contributed by atoms with van der Waals surface area (Å²) in [5.74, 6) is -1.49. The SMILES string of the molecule is CC(=O)c1cc(F)cc(CN2CCC(C(N)=O)CC2)c1O. The summed E-state index contributed by atoms with van der Waals surface area (Å²) in [4.78, 5) is 24.5. The van der Waals surface area contributed by atoms with Crippen LogP contribution in [-0.2, 0) is 11.3 Å². The van der Waals surface area contributed by atoms with Crippen molar-refractivity contribution >= 4 is 11.7 Å². The van der Waals surface area contributed by atoms with Gasteiger partial charge in [-0.3, -0.25) is 14.5 Å². The van der Waals surface area contributed by atoms with Crippen LogP contribution in [0.4, 0.5) is 4.39 Å². The number of primary amides is 1. The van der Waals surface area contributed by atoms with Gasteiger partial charge in [0.1, 0.15) is 11.6 Å². The molecule has 114 valence electrons. The van der Waals surface area contributed by atoms with Gasteiger partial charge in [-0.25, -0.2) is 4.39 Å². The van der Waals surface area contributed by atoms with E-state index < -0.39 is 5.82 Å². The minimum Gasteiger partial charge on any atom is -0.507 e. The average molecular weight is 294 g/mol. The van der Waals surface area contributed by atoms with Crippen molar-refractivity contribution in [3.05, 3.63) is 29.1 Å². The third-order valence-corrected chi connectivity index (χ3v) is 3.92. The summed E-state index contributed by atoms with van der Waals surface area (Å²) in [6.07, 6.45) is 1.32. The summed E-state index contributed by atoms with van der Waals surface area (Å²) in [6, 6.07) is 2.28. The third-order valence-electron chi connectivity index (χ3n) is 3.92. The first-order chi connectivity index (χ1) is 9.88. The minimum atomic E-state index is -0.542. The molecule has 1 aliphatic heterocycles. The Morgan fingerprint density at radius 2 is 2.00 bits per heavy atom. The number of halogens is 1. The predicted molar refractivity (Wildman–Crippen MR) is 75.3 cm³/mol. The molecule has 1 amide bonds. The van der Waals surface area contributed by atoms with E-state index in [0.29, 0.717) is 38.0 Å². The van der Waals surface area contributed by atoms with Crippen LogP contribution in [0.25, 0.3) is 0 Å². The number of rotatable bonds is 4. The van der Waals surface area contributed by atoms with Gasteiger partial charge in [-0.05, 0) is 45.0 Å². The molecular weight excluding hydrogens is 275 g/mol. The number of benzene rings is 1. The Balaban J connectivity index is 2.10.